The number of nitrogens with zero attached hydrogens (tertiary/aromatic N) is 2. The third-order valence-corrected chi connectivity index (χ3v) is 3.62. The second-order valence-corrected chi connectivity index (χ2v) is 5.45. The molecular weight excluding hydrogens is 328 g/mol. The molecule has 0 radical (unpaired) electrons. The zero-order valence-electron chi connectivity index (χ0n) is 13.1. The Balaban J connectivity index is 1.76. The van der Waals surface area contributed by atoms with Crippen molar-refractivity contribution in [2.24, 2.45) is 5.10 Å². The van der Waals surface area contributed by atoms with Crippen LogP contribution in [0.1, 0.15) is 24.0 Å². The SMILES string of the molecule is Cc1c(Cl)cccc1NC(=O)CCC(=O)NN=Cc1cccnc1. The number of rotatable bonds is 6. The molecule has 124 valence electrons. The lowest BCUT2D eigenvalue weighted by atomic mass is 10.2. The van der Waals surface area contributed by atoms with Gasteiger partial charge in [-0.15, -0.1) is 0 Å². The van der Waals surface area contributed by atoms with Gasteiger partial charge in [0.2, 0.25) is 11.8 Å². The number of hydrazone groups is 1. The molecule has 2 amide bonds. The van der Waals surface area contributed by atoms with Crippen molar-refractivity contribution in [3.05, 3.63) is 58.9 Å². The molecule has 2 rings (SSSR count). The van der Waals surface area contributed by atoms with Gasteiger partial charge in [0.1, 0.15) is 0 Å². The zero-order valence-corrected chi connectivity index (χ0v) is 13.9. The molecule has 0 unspecified atom stereocenters. The second-order valence-electron chi connectivity index (χ2n) is 5.04. The van der Waals surface area contributed by atoms with Crippen molar-refractivity contribution in [3.63, 3.8) is 0 Å². The first-order valence-electron chi connectivity index (χ1n) is 7.33. The van der Waals surface area contributed by atoms with E-state index in [9.17, 15) is 9.59 Å². The number of benzene rings is 1. The molecule has 24 heavy (non-hydrogen) atoms. The molecule has 0 atom stereocenters. The van der Waals surface area contributed by atoms with Crippen molar-refractivity contribution >= 4 is 35.3 Å². The van der Waals surface area contributed by atoms with Gasteiger partial charge in [-0.05, 0) is 30.7 Å². The number of anilines is 1. The first kappa shape index (κ1) is 17.6. The fourth-order valence-corrected chi connectivity index (χ4v) is 2.04. The third-order valence-electron chi connectivity index (χ3n) is 3.21. The predicted molar refractivity (Wildman–Crippen MR) is 94.0 cm³/mol. The molecule has 6 nitrogen and oxygen atoms in total. The average molecular weight is 345 g/mol. The van der Waals surface area contributed by atoms with Crippen LogP contribution in [0.15, 0.2) is 47.8 Å². The molecule has 0 bridgehead atoms. The second kappa shape index (κ2) is 8.79. The number of carbonyl (C=O) groups excluding carboxylic acids is 2. The molecule has 0 aliphatic rings. The fraction of sp³-hybridized carbons (Fsp3) is 0.176. The Morgan fingerprint density at radius 3 is 2.75 bits per heavy atom. The van der Waals surface area contributed by atoms with Crippen LogP contribution >= 0.6 is 11.6 Å². The van der Waals surface area contributed by atoms with Crippen LogP contribution in [0.3, 0.4) is 0 Å². The highest BCUT2D eigenvalue weighted by Crippen LogP contribution is 2.22. The Morgan fingerprint density at radius 2 is 2.00 bits per heavy atom. The smallest absolute Gasteiger partial charge is 0.240 e. The van der Waals surface area contributed by atoms with E-state index in [-0.39, 0.29) is 24.7 Å². The Morgan fingerprint density at radius 1 is 1.21 bits per heavy atom. The monoisotopic (exact) mass is 344 g/mol. The third kappa shape index (κ3) is 5.48. The molecule has 2 N–H and O–H groups in total. The minimum absolute atomic E-state index is 0.0375. The van der Waals surface area contributed by atoms with Gasteiger partial charge in [-0.25, -0.2) is 5.43 Å². The van der Waals surface area contributed by atoms with Gasteiger partial charge in [0, 0.05) is 41.5 Å². The Kier molecular flexibility index (Phi) is 6.45. The summed E-state index contributed by atoms with van der Waals surface area (Å²) in [7, 11) is 0. The average Bonchev–Trinajstić information content (AvgIpc) is 2.58. The Labute approximate surface area is 144 Å². The topological polar surface area (TPSA) is 83.5 Å². The Hall–Kier alpha value is -2.73. The van der Waals surface area contributed by atoms with E-state index in [0.29, 0.717) is 10.7 Å². The van der Waals surface area contributed by atoms with Crippen LogP contribution in [0.25, 0.3) is 0 Å². The van der Waals surface area contributed by atoms with E-state index in [2.05, 4.69) is 20.8 Å². The summed E-state index contributed by atoms with van der Waals surface area (Å²) in [6.45, 7) is 1.82. The van der Waals surface area contributed by atoms with Crippen molar-refractivity contribution < 1.29 is 9.59 Å². The molecule has 0 saturated carbocycles. The molecule has 0 aliphatic heterocycles. The van der Waals surface area contributed by atoms with Crippen LogP contribution < -0.4 is 10.7 Å². The lowest BCUT2D eigenvalue weighted by Gasteiger charge is -2.09. The Bertz CT molecular complexity index is 748. The molecule has 7 heteroatoms. The minimum atomic E-state index is -0.340. The van der Waals surface area contributed by atoms with Gasteiger partial charge < -0.3 is 5.32 Å². The quantitative estimate of drug-likeness (QED) is 0.624. The van der Waals surface area contributed by atoms with Gasteiger partial charge in [-0.1, -0.05) is 23.7 Å². The summed E-state index contributed by atoms with van der Waals surface area (Å²) in [5, 5.41) is 7.13. The summed E-state index contributed by atoms with van der Waals surface area (Å²) in [5.41, 5.74) is 4.57. The molecule has 0 saturated heterocycles. The van der Waals surface area contributed by atoms with E-state index in [1.54, 1.807) is 36.7 Å². The summed E-state index contributed by atoms with van der Waals surface area (Å²) < 4.78 is 0. The number of aromatic nitrogens is 1. The highest BCUT2D eigenvalue weighted by molar-refractivity contribution is 6.31. The lowest BCUT2D eigenvalue weighted by Crippen LogP contribution is -2.20. The summed E-state index contributed by atoms with van der Waals surface area (Å²) in [6, 6.07) is 8.84. The van der Waals surface area contributed by atoms with Gasteiger partial charge in [0.05, 0.1) is 6.21 Å². The number of halogens is 1. The van der Waals surface area contributed by atoms with Crippen LogP contribution in [-0.2, 0) is 9.59 Å². The normalized spacial score (nSPS) is 10.6. The zero-order chi connectivity index (χ0) is 17.4. The number of carbonyl (C=O) groups is 2. The maximum atomic E-state index is 11.9. The molecule has 0 spiro atoms. The molecule has 0 fully saturated rings. The van der Waals surface area contributed by atoms with E-state index >= 15 is 0 Å². The van der Waals surface area contributed by atoms with Crippen molar-refractivity contribution in [1.82, 2.24) is 10.4 Å². The number of hydrogen-bond donors (Lipinski definition) is 2. The summed E-state index contributed by atoms with van der Waals surface area (Å²) in [4.78, 5) is 27.5. The predicted octanol–water partition coefficient (Wildman–Crippen LogP) is 2.91. The standard InChI is InChI=1S/C17H17ClN4O2/c1-12-14(18)5-2-6-15(12)21-16(23)7-8-17(24)22-20-11-13-4-3-9-19-10-13/h2-6,9-11H,7-8H2,1H3,(H,21,23)(H,22,24). The van der Waals surface area contributed by atoms with Gasteiger partial charge in [0.15, 0.2) is 0 Å². The van der Waals surface area contributed by atoms with Crippen LogP contribution in [0.4, 0.5) is 5.69 Å². The van der Waals surface area contributed by atoms with Gasteiger partial charge in [-0.3, -0.25) is 14.6 Å². The molecule has 1 heterocycles. The van der Waals surface area contributed by atoms with Crippen LogP contribution in [0.5, 0.6) is 0 Å². The van der Waals surface area contributed by atoms with E-state index in [0.717, 1.165) is 11.1 Å². The first-order chi connectivity index (χ1) is 11.6. The molecule has 0 aliphatic carbocycles. The number of nitrogens with one attached hydrogen (secondary N) is 2. The summed E-state index contributed by atoms with van der Waals surface area (Å²) >= 11 is 6.00. The molecule has 2 aromatic rings. The van der Waals surface area contributed by atoms with Gasteiger partial charge in [0.25, 0.3) is 0 Å². The fourth-order valence-electron chi connectivity index (χ4n) is 1.87. The first-order valence-corrected chi connectivity index (χ1v) is 7.71. The number of amides is 2. The maximum Gasteiger partial charge on any atom is 0.240 e. The van der Waals surface area contributed by atoms with Gasteiger partial charge in [-0.2, -0.15) is 5.10 Å². The molecular formula is C17H17ClN4O2. The van der Waals surface area contributed by atoms with Crippen molar-refractivity contribution in [2.75, 3.05) is 5.32 Å². The van der Waals surface area contributed by atoms with Crippen LogP contribution in [-0.4, -0.2) is 23.0 Å². The van der Waals surface area contributed by atoms with Crippen LogP contribution in [0, 0.1) is 6.92 Å². The molecule has 1 aromatic carbocycles. The molecule has 1 aromatic heterocycles. The van der Waals surface area contributed by atoms with E-state index in [1.165, 1.54) is 6.21 Å². The summed E-state index contributed by atoms with van der Waals surface area (Å²) in [5.74, 6) is -0.597. The van der Waals surface area contributed by atoms with E-state index < -0.39 is 0 Å². The van der Waals surface area contributed by atoms with Crippen molar-refractivity contribution in [3.8, 4) is 0 Å². The van der Waals surface area contributed by atoms with Crippen molar-refractivity contribution in [1.29, 1.82) is 0 Å². The highest BCUT2D eigenvalue weighted by Gasteiger charge is 2.09. The van der Waals surface area contributed by atoms with Gasteiger partial charge >= 0.3 is 0 Å². The minimum Gasteiger partial charge on any atom is -0.326 e. The highest BCUT2D eigenvalue weighted by atomic mass is 35.5. The van der Waals surface area contributed by atoms with Crippen molar-refractivity contribution in [2.45, 2.75) is 19.8 Å². The maximum absolute atomic E-state index is 11.9. The number of pyridine rings is 1. The largest absolute Gasteiger partial charge is 0.326 e. The lowest BCUT2D eigenvalue weighted by molar-refractivity contribution is -0.124. The van der Waals surface area contributed by atoms with E-state index in [1.807, 2.05) is 13.0 Å². The number of hydrogen-bond acceptors (Lipinski definition) is 4. The summed E-state index contributed by atoms with van der Waals surface area (Å²) in [6.07, 6.45) is 4.85. The van der Waals surface area contributed by atoms with E-state index in [4.69, 9.17) is 11.6 Å². The van der Waals surface area contributed by atoms with Crippen LogP contribution in [0.2, 0.25) is 5.02 Å².